The lowest BCUT2D eigenvalue weighted by Crippen LogP contribution is -1.75. The van der Waals surface area contributed by atoms with E-state index in [1.54, 1.807) is 11.3 Å². The van der Waals surface area contributed by atoms with Crippen molar-refractivity contribution >= 4 is 38.9 Å². The van der Waals surface area contributed by atoms with Crippen molar-refractivity contribution in [1.29, 1.82) is 0 Å². The van der Waals surface area contributed by atoms with E-state index in [0.717, 1.165) is 20.9 Å². The van der Waals surface area contributed by atoms with Gasteiger partial charge in [0.1, 0.15) is 5.01 Å². The first-order valence-electron chi connectivity index (χ1n) is 4.07. The summed E-state index contributed by atoms with van der Waals surface area (Å²) in [5.74, 6) is 0. The maximum atomic E-state index is 6.07. The Balaban J connectivity index is 2.44. The monoisotopic (exact) mass is 287 g/mol. The SMILES string of the molecule is Clc1ccccc1-c1ncc(CBr)s1. The lowest BCUT2D eigenvalue weighted by atomic mass is 10.2. The van der Waals surface area contributed by atoms with Crippen LogP contribution in [0.4, 0.5) is 0 Å². The van der Waals surface area contributed by atoms with Gasteiger partial charge in [-0.1, -0.05) is 45.7 Å². The second kappa shape index (κ2) is 4.43. The number of alkyl halides is 1. The summed E-state index contributed by atoms with van der Waals surface area (Å²) in [5.41, 5.74) is 1.01. The minimum Gasteiger partial charge on any atom is -0.244 e. The average molecular weight is 289 g/mol. The van der Waals surface area contributed by atoms with Gasteiger partial charge >= 0.3 is 0 Å². The summed E-state index contributed by atoms with van der Waals surface area (Å²) in [4.78, 5) is 5.53. The molecule has 1 nitrogen and oxygen atoms in total. The second-order valence-electron chi connectivity index (χ2n) is 2.75. The van der Waals surface area contributed by atoms with Gasteiger partial charge in [0.2, 0.25) is 0 Å². The lowest BCUT2D eigenvalue weighted by molar-refractivity contribution is 1.37. The fourth-order valence-corrected chi connectivity index (χ4v) is 2.70. The minimum atomic E-state index is 0.753. The van der Waals surface area contributed by atoms with E-state index in [4.69, 9.17) is 11.6 Å². The van der Waals surface area contributed by atoms with Gasteiger partial charge in [-0.25, -0.2) is 4.98 Å². The standard InChI is InChI=1S/C10H7BrClNS/c11-5-7-6-13-10(14-7)8-3-1-2-4-9(8)12/h1-4,6H,5H2. The van der Waals surface area contributed by atoms with E-state index in [1.807, 2.05) is 30.5 Å². The number of hydrogen-bond acceptors (Lipinski definition) is 2. The Morgan fingerprint density at radius 3 is 2.79 bits per heavy atom. The Bertz CT molecular complexity index is 441. The molecule has 1 heterocycles. The van der Waals surface area contributed by atoms with Crippen LogP contribution in [-0.4, -0.2) is 4.98 Å². The molecule has 0 bridgehead atoms. The molecule has 0 fully saturated rings. The van der Waals surface area contributed by atoms with Crippen molar-refractivity contribution in [3.05, 3.63) is 40.4 Å². The highest BCUT2D eigenvalue weighted by Crippen LogP contribution is 2.31. The van der Waals surface area contributed by atoms with Gasteiger partial charge in [0.05, 0.1) is 5.02 Å². The van der Waals surface area contributed by atoms with Crippen LogP contribution in [0.15, 0.2) is 30.5 Å². The third-order valence-electron chi connectivity index (χ3n) is 1.79. The molecule has 0 N–H and O–H groups in total. The van der Waals surface area contributed by atoms with Crippen molar-refractivity contribution in [3.8, 4) is 10.6 Å². The number of nitrogens with zero attached hydrogens (tertiary/aromatic N) is 1. The fourth-order valence-electron chi connectivity index (χ4n) is 1.13. The van der Waals surface area contributed by atoms with Crippen LogP contribution < -0.4 is 0 Å². The van der Waals surface area contributed by atoms with E-state index in [2.05, 4.69) is 20.9 Å². The summed E-state index contributed by atoms with van der Waals surface area (Å²) in [6.07, 6.45) is 1.87. The highest BCUT2D eigenvalue weighted by Gasteiger charge is 2.06. The van der Waals surface area contributed by atoms with E-state index < -0.39 is 0 Å². The van der Waals surface area contributed by atoms with Gasteiger partial charge < -0.3 is 0 Å². The van der Waals surface area contributed by atoms with Crippen molar-refractivity contribution in [2.75, 3.05) is 0 Å². The molecule has 1 aromatic heterocycles. The molecular formula is C10H7BrClNS. The zero-order chi connectivity index (χ0) is 9.97. The van der Waals surface area contributed by atoms with Crippen molar-refractivity contribution in [2.45, 2.75) is 5.33 Å². The molecule has 0 unspecified atom stereocenters. The number of thiazole rings is 1. The predicted octanol–water partition coefficient (Wildman–Crippen LogP) is 4.36. The van der Waals surface area contributed by atoms with Crippen LogP contribution in [0.25, 0.3) is 10.6 Å². The predicted molar refractivity (Wildman–Crippen MR) is 65.2 cm³/mol. The van der Waals surface area contributed by atoms with E-state index in [-0.39, 0.29) is 0 Å². The first-order chi connectivity index (χ1) is 6.81. The molecule has 4 heteroatoms. The Morgan fingerprint density at radius 2 is 2.14 bits per heavy atom. The van der Waals surface area contributed by atoms with Crippen LogP contribution in [0.2, 0.25) is 5.02 Å². The molecule has 0 amide bonds. The van der Waals surface area contributed by atoms with E-state index in [9.17, 15) is 0 Å². The van der Waals surface area contributed by atoms with Crippen molar-refractivity contribution < 1.29 is 0 Å². The van der Waals surface area contributed by atoms with Crippen molar-refractivity contribution in [3.63, 3.8) is 0 Å². The van der Waals surface area contributed by atoms with E-state index in [0.29, 0.717) is 0 Å². The molecule has 0 atom stereocenters. The van der Waals surface area contributed by atoms with Crippen LogP contribution >= 0.6 is 38.9 Å². The summed E-state index contributed by atoms with van der Waals surface area (Å²) in [6, 6.07) is 7.76. The van der Waals surface area contributed by atoms with Gasteiger partial charge in [0.25, 0.3) is 0 Å². The molecule has 1 aromatic carbocycles. The first kappa shape index (κ1) is 10.1. The van der Waals surface area contributed by atoms with Crippen LogP contribution in [-0.2, 0) is 5.33 Å². The summed E-state index contributed by atoms with van der Waals surface area (Å²) in [6.45, 7) is 0. The summed E-state index contributed by atoms with van der Waals surface area (Å²) < 4.78 is 0. The summed E-state index contributed by atoms with van der Waals surface area (Å²) >= 11 is 11.1. The smallest absolute Gasteiger partial charge is 0.125 e. The fraction of sp³-hybridized carbons (Fsp3) is 0.100. The zero-order valence-corrected chi connectivity index (χ0v) is 10.4. The maximum Gasteiger partial charge on any atom is 0.125 e. The van der Waals surface area contributed by atoms with Gasteiger partial charge in [-0.3, -0.25) is 0 Å². The van der Waals surface area contributed by atoms with Crippen LogP contribution in [0.5, 0.6) is 0 Å². The van der Waals surface area contributed by atoms with Crippen LogP contribution in [0.1, 0.15) is 4.88 Å². The van der Waals surface area contributed by atoms with E-state index >= 15 is 0 Å². The highest BCUT2D eigenvalue weighted by atomic mass is 79.9. The van der Waals surface area contributed by atoms with Gasteiger partial charge in [0.15, 0.2) is 0 Å². The molecule has 0 saturated heterocycles. The molecular weight excluding hydrogens is 282 g/mol. The Labute approximate surface area is 99.9 Å². The van der Waals surface area contributed by atoms with Crippen LogP contribution in [0.3, 0.4) is 0 Å². The minimum absolute atomic E-state index is 0.753. The van der Waals surface area contributed by atoms with Gasteiger partial charge in [-0.15, -0.1) is 11.3 Å². The molecule has 0 aliphatic carbocycles. The Morgan fingerprint density at radius 1 is 1.36 bits per heavy atom. The first-order valence-corrected chi connectivity index (χ1v) is 6.38. The summed E-state index contributed by atoms with van der Waals surface area (Å²) in [5, 5.41) is 2.57. The van der Waals surface area contributed by atoms with Crippen molar-refractivity contribution in [2.24, 2.45) is 0 Å². The molecule has 2 aromatic rings. The molecule has 0 saturated carbocycles. The Kier molecular flexibility index (Phi) is 3.21. The van der Waals surface area contributed by atoms with Gasteiger partial charge in [0, 0.05) is 22.0 Å². The van der Waals surface area contributed by atoms with E-state index in [1.165, 1.54) is 4.88 Å². The normalized spacial score (nSPS) is 10.4. The number of hydrogen-bond donors (Lipinski definition) is 0. The lowest BCUT2D eigenvalue weighted by Gasteiger charge is -1.97. The number of rotatable bonds is 2. The highest BCUT2D eigenvalue weighted by molar-refractivity contribution is 9.08. The quantitative estimate of drug-likeness (QED) is 0.748. The Hall–Kier alpha value is -0.380. The molecule has 72 valence electrons. The molecule has 0 radical (unpaired) electrons. The third-order valence-corrected chi connectivity index (χ3v) is 4.12. The molecule has 0 aliphatic rings. The van der Waals surface area contributed by atoms with Crippen molar-refractivity contribution in [1.82, 2.24) is 4.98 Å². The molecule has 0 spiro atoms. The average Bonchev–Trinajstić information content (AvgIpc) is 2.67. The number of aromatic nitrogens is 1. The maximum absolute atomic E-state index is 6.07. The van der Waals surface area contributed by atoms with Crippen LogP contribution in [0, 0.1) is 0 Å². The number of halogens is 2. The van der Waals surface area contributed by atoms with Gasteiger partial charge in [-0.2, -0.15) is 0 Å². The number of benzene rings is 1. The largest absolute Gasteiger partial charge is 0.244 e. The summed E-state index contributed by atoms with van der Waals surface area (Å²) in [7, 11) is 0. The molecule has 0 aliphatic heterocycles. The van der Waals surface area contributed by atoms with Gasteiger partial charge in [-0.05, 0) is 6.07 Å². The topological polar surface area (TPSA) is 12.9 Å². The molecule has 14 heavy (non-hydrogen) atoms. The third kappa shape index (κ3) is 2.00. The molecule has 2 rings (SSSR count). The zero-order valence-electron chi connectivity index (χ0n) is 7.21. The second-order valence-corrected chi connectivity index (χ2v) is 4.83.